The number of aromatic nitrogens is 1. The van der Waals surface area contributed by atoms with Gasteiger partial charge in [0, 0.05) is 13.2 Å². The van der Waals surface area contributed by atoms with Crippen LogP contribution in [-0.2, 0) is 14.8 Å². The largest absolute Gasteiger partial charge is 0.358 e. The Hall–Kier alpha value is -0.890. The molecule has 0 spiro atoms. The van der Waals surface area contributed by atoms with Crippen LogP contribution in [0.2, 0.25) is 10.2 Å². The molecule has 0 unspecified atom stereocenters. The van der Waals surface area contributed by atoms with E-state index in [1.807, 2.05) is 0 Å². The predicted octanol–water partition coefficient (Wildman–Crippen LogP) is 0.413. The van der Waals surface area contributed by atoms with Gasteiger partial charge in [-0.3, -0.25) is 4.79 Å². The average molecular weight is 298 g/mol. The van der Waals surface area contributed by atoms with E-state index in [4.69, 9.17) is 23.2 Å². The van der Waals surface area contributed by atoms with Crippen LogP contribution in [0.5, 0.6) is 0 Å². The molecular weight excluding hydrogens is 289 g/mol. The Morgan fingerprint density at radius 1 is 1.47 bits per heavy atom. The van der Waals surface area contributed by atoms with Gasteiger partial charge in [-0.15, -0.1) is 0 Å². The number of nitrogens with one attached hydrogen (secondary N) is 2. The van der Waals surface area contributed by atoms with E-state index in [2.05, 4.69) is 15.0 Å². The molecule has 0 radical (unpaired) electrons. The maximum Gasteiger partial charge on any atom is 0.242 e. The molecule has 0 atom stereocenters. The third kappa shape index (κ3) is 3.81. The Kier molecular flexibility index (Phi) is 4.70. The molecule has 0 saturated heterocycles. The number of likely N-dealkylation sites (N-methyl/N-ethyl adjacent to an activating group) is 1. The number of nitrogens with zero attached hydrogens (tertiary/aromatic N) is 1. The van der Waals surface area contributed by atoms with Crippen molar-refractivity contribution in [3.8, 4) is 0 Å². The topological polar surface area (TPSA) is 88.2 Å². The van der Waals surface area contributed by atoms with Crippen LogP contribution in [-0.4, -0.2) is 32.9 Å². The highest BCUT2D eigenvalue weighted by Gasteiger charge is 2.17. The van der Waals surface area contributed by atoms with E-state index in [9.17, 15) is 13.2 Å². The van der Waals surface area contributed by atoms with Gasteiger partial charge in [0.1, 0.15) is 10.0 Å². The van der Waals surface area contributed by atoms with Crippen molar-refractivity contribution in [2.45, 2.75) is 4.90 Å². The van der Waals surface area contributed by atoms with E-state index in [1.54, 1.807) is 0 Å². The molecule has 1 aromatic heterocycles. The predicted molar refractivity (Wildman–Crippen MR) is 63.5 cm³/mol. The van der Waals surface area contributed by atoms with Gasteiger partial charge in [-0.1, -0.05) is 23.2 Å². The molecular formula is C8H9Cl2N3O3S. The lowest BCUT2D eigenvalue weighted by Gasteiger charge is -2.06. The molecule has 94 valence electrons. The summed E-state index contributed by atoms with van der Waals surface area (Å²) in [6.07, 6.45) is 1.06. The van der Waals surface area contributed by atoms with E-state index in [0.717, 1.165) is 12.3 Å². The lowest BCUT2D eigenvalue weighted by atomic mass is 10.5. The zero-order chi connectivity index (χ0) is 13.1. The fourth-order valence-corrected chi connectivity index (χ4v) is 2.17. The van der Waals surface area contributed by atoms with Crippen LogP contribution in [0.3, 0.4) is 0 Å². The van der Waals surface area contributed by atoms with Gasteiger partial charge >= 0.3 is 0 Å². The second-order valence-electron chi connectivity index (χ2n) is 2.94. The van der Waals surface area contributed by atoms with Crippen LogP contribution in [0.4, 0.5) is 0 Å². The smallest absolute Gasteiger partial charge is 0.242 e. The minimum absolute atomic E-state index is 0.0110. The number of sulfonamides is 1. The highest BCUT2D eigenvalue weighted by atomic mass is 35.5. The summed E-state index contributed by atoms with van der Waals surface area (Å²) < 4.78 is 25.5. The second-order valence-corrected chi connectivity index (χ2v) is 5.47. The van der Waals surface area contributed by atoms with Gasteiger partial charge in [0.05, 0.1) is 11.6 Å². The molecule has 0 aliphatic rings. The quantitative estimate of drug-likeness (QED) is 0.788. The van der Waals surface area contributed by atoms with Crippen molar-refractivity contribution in [3.05, 3.63) is 22.4 Å². The number of carbonyl (C=O) groups excluding carboxylic acids is 1. The lowest BCUT2D eigenvalue weighted by Crippen LogP contribution is -2.35. The number of amides is 1. The number of rotatable bonds is 4. The summed E-state index contributed by atoms with van der Waals surface area (Å²) in [4.78, 5) is 14.4. The summed E-state index contributed by atoms with van der Waals surface area (Å²) in [5.41, 5.74) is 0. The van der Waals surface area contributed by atoms with E-state index in [1.165, 1.54) is 7.05 Å². The molecule has 0 bridgehead atoms. The summed E-state index contributed by atoms with van der Waals surface area (Å²) in [5.74, 6) is -0.457. The Bertz CT molecular complexity index is 533. The molecule has 0 aliphatic heterocycles. The van der Waals surface area contributed by atoms with Crippen LogP contribution >= 0.6 is 23.2 Å². The summed E-state index contributed by atoms with van der Waals surface area (Å²) in [6, 6.07) is 1.16. The Morgan fingerprint density at radius 2 is 2.12 bits per heavy atom. The van der Waals surface area contributed by atoms with Crippen LogP contribution in [0.1, 0.15) is 0 Å². The standard InChI is InChI=1S/C8H9Cl2N3O3S/c1-11-7(14)4-13-17(15,16)5-2-6(9)8(10)12-3-5/h2-3,13H,4H2,1H3,(H,11,14). The van der Waals surface area contributed by atoms with Crippen LogP contribution in [0.25, 0.3) is 0 Å². The van der Waals surface area contributed by atoms with Crippen molar-refractivity contribution in [2.24, 2.45) is 0 Å². The molecule has 1 rings (SSSR count). The van der Waals surface area contributed by atoms with Gasteiger partial charge in [0.2, 0.25) is 15.9 Å². The number of pyridine rings is 1. The van der Waals surface area contributed by atoms with Gasteiger partial charge in [-0.05, 0) is 6.07 Å². The van der Waals surface area contributed by atoms with Crippen molar-refractivity contribution < 1.29 is 13.2 Å². The fourth-order valence-electron chi connectivity index (χ4n) is 0.883. The summed E-state index contributed by atoms with van der Waals surface area (Å²) in [6.45, 7) is -0.362. The molecule has 1 amide bonds. The van der Waals surface area contributed by atoms with Crippen LogP contribution in [0.15, 0.2) is 17.2 Å². The van der Waals surface area contributed by atoms with Crippen molar-refractivity contribution in [2.75, 3.05) is 13.6 Å². The minimum Gasteiger partial charge on any atom is -0.358 e. The van der Waals surface area contributed by atoms with Gasteiger partial charge in [-0.2, -0.15) is 0 Å². The zero-order valence-electron chi connectivity index (χ0n) is 8.70. The molecule has 0 aromatic carbocycles. The number of carbonyl (C=O) groups is 1. The third-order valence-electron chi connectivity index (χ3n) is 1.78. The molecule has 6 nitrogen and oxygen atoms in total. The molecule has 0 saturated carbocycles. The minimum atomic E-state index is -3.82. The molecule has 2 N–H and O–H groups in total. The maximum atomic E-state index is 11.7. The first kappa shape index (κ1) is 14.2. The summed E-state index contributed by atoms with van der Waals surface area (Å²) in [7, 11) is -2.42. The lowest BCUT2D eigenvalue weighted by molar-refractivity contribution is -0.119. The molecule has 0 fully saturated rings. The first-order chi connectivity index (χ1) is 7.86. The first-order valence-corrected chi connectivity index (χ1v) is 6.62. The van der Waals surface area contributed by atoms with Gasteiger partial charge in [0.15, 0.2) is 0 Å². The number of halogens is 2. The van der Waals surface area contributed by atoms with E-state index >= 15 is 0 Å². The monoisotopic (exact) mass is 297 g/mol. The third-order valence-corrected chi connectivity index (χ3v) is 3.84. The second kappa shape index (κ2) is 5.63. The highest BCUT2D eigenvalue weighted by molar-refractivity contribution is 7.89. The van der Waals surface area contributed by atoms with Gasteiger partial charge < -0.3 is 5.32 Å². The Morgan fingerprint density at radius 3 is 2.65 bits per heavy atom. The van der Waals surface area contributed by atoms with Gasteiger partial charge in [0.25, 0.3) is 0 Å². The van der Waals surface area contributed by atoms with Crippen molar-refractivity contribution in [1.29, 1.82) is 0 Å². The van der Waals surface area contributed by atoms with E-state index in [-0.39, 0.29) is 21.6 Å². The van der Waals surface area contributed by atoms with E-state index in [0.29, 0.717) is 0 Å². The Labute approximate surface area is 108 Å². The summed E-state index contributed by atoms with van der Waals surface area (Å²) >= 11 is 11.2. The highest BCUT2D eigenvalue weighted by Crippen LogP contribution is 2.21. The molecule has 9 heteroatoms. The molecule has 17 heavy (non-hydrogen) atoms. The SMILES string of the molecule is CNC(=O)CNS(=O)(=O)c1cnc(Cl)c(Cl)c1. The molecule has 1 heterocycles. The van der Waals surface area contributed by atoms with Crippen LogP contribution in [0, 0.1) is 0 Å². The number of hydrogen-bond acceptors (Lipinski definition) is 4. The average Bonchev–Trinajstić information content (AvgIpc) is 2.29. The van der Waals surface area contributed by atoms with Crippen molar-refractivity contribution in [3.63, 3.8) is 0 Å². The fraction of sp³-hybridized carbons (Fsp3) is 0.250. The molecule has 1 aromatic rings. The first-order valence-electron chi connectivity index (χ1n) is 4.38. The normalized spacial score (nSPS) is 11.2. The van der Waals surface area contributed by atoms with Crippen LogP contribution < -0.4 is 10.0 Å². The van der Waals surface area contributed by atoms with Gasteiger partial charge in [-0.25, -0.2) is 18.1 Å². The van der Waals surface area contributed by atoms with Crippen molar-refractivity contribution >= 4 is 39.1 Å². The van der Waals surface area contributed by atoms with Crippen molar-refractivity contribution in [1.82, 2.24) is 15.0 Å². The molecule has 0 aliphatic carbocycles. The summed E-state index contributed by atoms with van der Waals surface area (Å²) in [5, 5.41) is 2.31. The number of hydrogen-bond donors (Lipinski definition) is 2. The maximum absolute atomic E-state index is 11.7. The zero-order valence-corrected chi connectivity index (χ0v) is 11.0. The Balaban J connectivity index is 2.90. The van der Waals surface area contributed by atoms with E-state index < -0.39 is 15.9 Å².